The number of carbonyl (C=O) groups is 5. The van der Waals surface area contributed by atoms with E-state index >= 15 is 0 Å². The third-order valence-corrected chi connectivity index (χ3v) is 7.46. The zero-order chi connectivity index (χ0) is 30.6. The van der Waals surface area contributed by atoms with E-state index in [1.54, 1.807) is 6.08 Å². The second kappa shape index (κ2) is 13.2. The molecule has 2 heterocycles. The van der Waals surface area contributed by atoms with Crippen LogP contribution in [0.5, 0.6) is 0 Å². The minimum absolute atomic E-state index is 0.168. The second-order valence-electron chi connectivity index (χ2n) is 9.58. The molecule has 0 bridgehead atoms. The summed E-state index contributed by atoms with van der Waals surface area (Å²) in [5.41, 5.74) is -0.173. The first-order valence-electron chi connectivity index (χ1n) is 13.0. The molecule has 0 unspecified atom stereocenters. The van der Waals surface area contributed by atoms with Crippen LogP contribution in [0.2, 0.25) is 0 Å². The third-order valence-electron chi connectivity index (χ3n) is 6.27. The Balaban J connectivity index is 1.68. The van der Waals surface area contributed by atoms with Crippen molar-refractivity contribution < 1.29 is 47.7 Å². The van der Waals surface area contributed by atoms with Crippen molar-refractivity contribution in [1.29, 1.82) is 0 Å². The van der Waals surface area contributed by atoms with E-state index in [9.17, 15) is 24.0 Å². The van der Waals surface area contributed by atoms with E-state index in [0.29, 0.717) is 0 Å². The molecule has 12 nitrogen and oxygen atoms in total. The molecule has 0 N–H and O–H groups in total. The Hall–Kier alpha value is -4.23. The van der Waals surface area contributed by atoms with E-state index in [-0.39, 0.29) is 23.4 Å². The molecule has 1 saturated heterocycles. The zero-order valence-corrected chi connectivity index (χ0v) is 24.4. The fraction of sp³-hybridized carbons (Fsp3) is 0.379. The lowest BCUT2D eigenvalue weighted by atomic mass is 9.99. The minimum Gasteiger partial charge on any atom is -0.463 e. The predicted molar refractivity (Wildman–Crippen MR) is 152 cm³/mol. The van der Waals surface area contributed by atoms with Crippen LogP contribution in [0.3, 0.4) is 0 Å². The highest BCUT2D eigenvalue weighted by atomic mass is 32.2. The van der Waals surface area contributed by atoms with Crippen molar-refractivity contribution in [3.63, 3.8) is 0 Å². The molecule has 0 radical (unpaired) electrons. The van der Waals surface area contributed by atoms with Gasteiger partial charge in [0.25, 0.3) is 5.91 Å². The summed E-state index contributed by atoms with van der Waals surface area (Å²) >= 11 is 0.939. The summed E-state index contributed by atoms with van der Waals surface area (Å²) in [6.07, 6.45) is -3.33. The number of aliphatic imine (C=N–C) groups is 1. The molecule has 5 atom stereocenters. The van der Waals surface area contributed by atoms with Crippen molar-refractivity contribution >= 4 is 63.6 Å². The molecule has 42 heavy (non-hydrogen) atoms. The van der Waals surface area contributed by atoms with Crippen molar-refractivity contribution in [1.82, 2.24) is 4.90 Å². The van der Waals surface area contributed by atoms with Gasteiger partial charge in [0.1, 0.15) is 18.4 Å². The van der Waals surface area contributed by atoms with Gasteiger partial charge in [-0.3, -0.25) is 28.9 Å². The average molecular weight is 599 g/mol. The molecule has 1 fully saturated rings. The number of nitrogens with zero attached hydrogens (tertiary/aromatic N) is 2. The Kier molecular flexibility index (Phi) is 9.63. The number of rotatable bonds is 7. The summed E-state index contributed by atoms with van der Waals surface area (Å²) in [6.45, 7) is 4.28. The topological polar surface area (TPSA) is 147 Å². The van der Waals surface area contributed by atoms with Crippen LogP contribution in [0.4, 0.5) is 0 Å². The van der Waals surface area contributed by atoms with E-state index in [1.165, 1.54) is 18.9 Å². The molecule has 1 amide bonds. The molecule has 0 spiro atoms. The number of fused-ring (bicyclic) bond motifs is 1. The fourth-order valence-corrected chi connectivity index (χ4v) is 5.67. The first kappa shape index (κ1) is 30.7. The molecule has 0 aromatic heterocycles. The predicted octanol–water partition coefficient (Wildman–Crippen LogP) is 2.83. The number of benzene rings is 2. The number of esters is 4. The molecule has 2 aromatic rings. The summed E-state index contributed by atoms with van der Waals surface area (Å²) in [5, 5.41) is 2.27. The molecule has 222 valence electrons. The quantitative estimate of drug-likeness (QED) is 0.263. The van der Waals surface area contributed by atoms with E-state index in [0.717, 1.165) is 48.9 Å². The minimum atomic E-state index is -1.32. The number of likely N-dealkylation sites (N-methyl/N-ethyl adjacent to an activating group) is 1. The van der Waals surface area contributed by atoms with Gasteiger partial charge in [-0.2, -0.15) is 0 Å². The number of hydrogen-bond acceptors (Lipinski definition) is 12. The van der Waals surface area contributed by atoms with Gasteiger partial charge in [-0.1, -0.05) is 48.2 Å². The lowest BCUT2D eigenvalue weighted by molar-refractivity contribution is -0.237. The summed E-state index contributed by atoms with van der Waals surface area (Å²) < 4.78 is 27.6. The SMILES string of the molecule is CC(=O)OC[C@H]1O[C@@H](SC2=N/C(=C\c3ccc4ccccc4c3)C(=O)N2C)[C@H](OC(C)=O)[C@@H](OC(C)=O)[C@@H]1OC(C)=O. The van der Waals surface area contributed by atoms with E-state index in [4.69, 9.17) is 23.7 Å². The van der Waals surface area contributed by atoms with E-state index in [2.05, 4.69) is 4.99 Å². The maximum absolute atomic E-state index is 13.1. The summed E-state index contributed by atoms with van der Waals surface area (Å²) in [6, 6.07) is 13.6. The van der Waals surface area contributed by atoms with E-state index in [1.807, 2.05) is 42.5 Å². The lowest BCUT2D eigenvalue weighted by Crippen LogP contribution is -2.61. The van der Waals surface area contributed by atoms with Crippen molar-refractivity contribution in [2.24, 2.45) is 4.99 Å². The molecular weight excluding hydrogens is 568 g/mol. The molecule has 2 aromatic carbocycles. The largest absolute Gasteiger partial charge is 0.463 e. The first-order valence-corrected chi connectivity index (χ1v) is 13.8. The highest BCUT2D eigenvalue weighted by Gasteiger charge is 2.53. The smallest absolute Gasteiger partial charge is 0.303 e. The van der Waals surface area contributed by atoms with Gasteiger partial charge in [-0.15, -0.1) is 0 Å². The molecule has 4 rings (SSSR count). The molecule has 2 aliphatic rings. The Morgan fingerprint density at radius 2 is 1.50 bits per heavy atom. The van der Waals surface area contributed by atoms with Crippen LogP contribution in [-0.4, -0.2) is 83.4 Å². The van der Waals surface area contributed by atoms with Crippen molar-refractivity contribution in [3.05, 3.63) is 53.7 Å². The average Bonchev–Trinajstić information content (AvgIpc) is 3.17. The molecule has 0 saturated carbocycles. The Morgan fingerprint density at radius 1 is 0.881 bits per heavy atom. The normalized spacial score (nSPS) is 24.7. The van der Waals surface area contributed by atoms with Gasteiger partial charge in [0.05, 0.1) is 0 Å². The first-order chi connectivity index (χ1) is 19.9. The maximum Gasteiger partial charge on any atom is 0.303 e. The Bertz CT molecular complexity index is 1470. The summed E-state index contributed by atoms with van der Waals surface area (Å²) in [5.74, 6) is -3.19. The number of carbonyl (C=O) groups excluding carboxylic acids is 5. The van der Waals surface area contributed by atoms with Gasteiger partial charge in [0.15, 0.2) is 28.9 Å². The number of amides is 1. The van der Waals surface area contributed by atoms with Crippen LogP contribution in [0.1, 0.15) is 33.3 Å². The highest BCUT2D eigenvalue weighted by Crippen LogP contribution is 2.37. The van der Waals surface area contributed by atoms with Crippen LogP contribution < -0.4 is 0 Å². The zero-order valence-electron chi connectivity index (χ0n) is 23.6. The van der Waals surface area contributed by atoms with Gasteiger partial charge in [0, 0.05) is 34.7 Å². The number of thioether (sulfide) groups is 1. The van der Waals surface area contributed by atoms with Gasteiger partial charge in [0.2, 0.25) is 0 Å². The van der Waals surface area contributed by atoms with Crippen LogP contribution in [0, 0.1) is 0 Å². The summed E-state index contributed by atoms with van der Waals surface area (Å²) in [4.78, 5) is 66.6. The Morgan fingerprint density at radius 3 is 2.14 bits per heavy atom. The lowest BCUT2D eigenvalue weighted by Gasteiger charge is -2.44. The summed E-state index contributed by atoms with van der Waals surface area (Å²) in [7, 11) is 1.53. The van der Waals surface area contributed by atoms with Crippen LogP contribution >= 0.6 is 11.8 Å². The van der Waals surface area contributed by atoms with Crippen molar-refractivity contribution in [2.75, 3.05) is 13.7 Å². The second-order valence-corrected chi connectivity index (χ2v) is 10.6. The molecule has 13 heteroatoms. The monoisotopic (exact) mass is 598 g/mol. The molecular formula is C29H30N2O10S. The van der Waals surface area contributed by atoms with Gasteiger partial charge < -0.3 is 23.7 Å². The van der Waals surface area contributed by atoms with Crippen molar-refractivity contribution in [2.45, 2.75) is 57.5 Å². The fourth-order valence-electron chi connectivity index (χ4n) is 4.53. The van der Waals surface area contributed by atoms with Crippen LogP contribution in [0.25, 0.3) is 16.8 Å². The van der Waals surface area contributed by atoms with Crippen LogP contribution in [-0.2, 0) is 47.7 Å². The van der Waals surface area contributed by atoms with Gasteiger partial charge in [-0.25, -0.2) is 4.99 Å². The standard InChI is InChI=1S/C29H30N2O10S/c1-15(32)37-14-23-24(38-16(2)33)25(39-17(3)34)26(40-18(4)35)28(41-23)42-29-30-22(27(36)31(29)5)13-19-10-11-20-8-6-7-9-21(20)12-19/h6-13,23-26,28H,14H2,1-5H3/b22-13-/t23-,24-,25+,26-,28+/m1/s1. The molecule has 2 aliphatic heterocycles. The maximum atomic E-state index is 13.1. The van der Waals surface area contributed by atoms with Gasteiger partial charge in [-0.05, 0) is 28.5 Å². The van der Waals surface area contributed by atoms with E-state index < -0.39 is 53.7 Å². The number of ether oxygens (including phenoxy) is 5. The Labute approximate surface area is 245 Å². The van der Waals surface area contributed by atoms with Gasteiger partial charge >= 0.3 is 23.9 Å². The highest BCUT2D eigenvalue weighted by molar-refractivity contribution is 8.14. The third kappa shape index (κ3) is 7.34. The number of amidine groups is 1. The number of hydrogen-bond donors (Lipinski definition) is 0. The van der Waals surface area contributed by atoms with Crippen LogP contribution in [0.15, 0.2) is 53.2 Å². The molecule has 0 aliphatic carbocycles. The van der Waals surface area contributed by atoms with Crippen molar-refractivity contribution in [3.8, 4) is 0 Å².